The Morgan fingerprint density at radius 1 is 0.769 bits per heavy atom. The quantitative estimate of drug-likeness (QED) is 0.253. The molecule has 52 heavy (non-hydrogen) atoms. The molecule has 0 amide bonds. The number of fused-ring (bicyclic) bond motifs is 5. The molecule has 14 nitrogen and oxygen atoms in total. The zero-order valence-electron chi connectivity index (χ0n) is 31.7. The SMILES string of the molecule is COC(=O)[C@@H]1O[C@@H](O[C@H](COC(C)=O)[C@H]2CCC3C4CCC5C[C@@H](OC(C)=O)CC[C@]5(C)C4CC[C@@]32C)[C@@](O)(C(C)=O)[C@@H](OC(C)=O)[C@@H]1OC(C)=O. The van der Waals surface area contributed by atoms with Gasteiger partial charge < -0.3 is 38.3 Å². The molecule has 1 N–H and O–H groups in total. The van der Waals surface area contributed by atoms with Gasteiger partial charge in [0.05, 0.1) is 13.2 Å². The second kappa shape index (κ2) is 15.3. The van der Waals surface area contributed by atoms with Gasteiger partial charge in [0.25, 0.3) is 0 Å². The number of carbonyl (C=O) groups excluding carboxylic acids is 6. The summed E-state index contributed by atoms with van der Waals surface area (Å²) >= 11 is 0. The molecule has 14 heteroatoms. The molecule has 1 heterocycles. The molecule has 4 aliphatic carbocycles. The standard InChI is InChI=1S/C38H56O14/c1-19(39)38(45)33(50-23(5)43)31(49-22(4)42)32(34(44)46-8)52-35(38)51-30(18-47-20(2)40)29-12-11-27-26-10-9-24-17-25(48-21(3)41)13-15-36(24,6)28(26)14-16-37(27,29)7/h24-33,35,45H,9-18H2,1-8H3/t24?,25-,26?,27?,28?,29+,30+,31+,32+,33-,35+,36-,37-,38+/m0/s1. The van der Waals surface area contributed by atoms with Gasteiger partial charge in [-0.25, -0.2) is 4.79 Å². The highest BCUT2D eigenvalue weighted by Gasteiger charge is 2.66. The Hall–Kier alpha value is -3.10. The summed E-state index contributed by atoms with van der Waals surface area (Å²) < 4.78 is 39.4. The molecule has 0 radical (unpaired) electrons. The third-order valence-corrected chi connectivity index (χ3v) is 13.5. The molecule has 0 bridgehead atoms. The summed E-state index contributed by atoms with van der Waals surface area (Å²) in [6.07, 6.45) is 0.0807. The third-order valence-electron chi connectivity index (χ3n) is 13.5. The number of carbonyl (C=O) groups is 6. The third kappa shape index (κ3) is 7.36. The first-order chi connectivity index (χ1) is 24.4. The van der Waals surface area contributed by atoms with E-state index < -0.39 is 66.0 Å². The summed E-state index contributed by atoms with van der Waals surface area (Å²) in [6, 6.07) is 0. The molecule has 14 atom stereocenters. The number of ether oxygens (including phenoxy) is 7. The maximum atomic E-state index is 13.4. The van der Waals surface area contributed by atoms with Crippen molar-refractivity contribution in [2.75, 3.05) is 13.7 Å². The summed E-state index contributed by atoms with van der Waals surface area (Å²) in [7, 11) is 1.08. The van der Waals surface area contributed by atoms with E-state index in [1.807, 2.05) is 0 Å². The van der Waals surface area contributed by atoms with Crippen LogP contribution in [-0.2, 0) is 61.9 Å². The Morgan fingerprint density at radius 2 is 1.40 bits per heavy atom. The van der Waals surface area contributed by atoms with Crippen LogP contribution in [0.2, 0.25) is 0 Å². The Morgan fingerprint density at radius 3 is 2.00 bits per heavy atom. The van der Waals surface area contributed by atoms with Gasteiger partial charge in [0.2, 0.25) is 5.60 Å². The molecule has 1 saturated heterocycles. The first kappa shape index (κ1) is 40.1. The zero-order chi connectivity index (χ0) is 38.3. The van der Waals surface area contributed by atoms with E-state index in [0.29, 0.717) is 30.1 Å². The van der Waals surface area contributed by atoms with Crippen LogP contribution in [0.25, 0.3) is 0 Å². The highest BCUT2D eigenvalue weighted by molar-refractivity contribution is 5.88. The normalized spacial score (nSPS) is 41.6. The van der Waals surface area contributed by atoms with Crippen molar-refractivity contribution in [1.29, 1.82) is 0 Å². The van der Waals surface area contributed by atoms with Crippen LogP contribution in [-0.4, -0.2) is 96.9 Å². The summed E-state index contributed by atoms with van der Waals surface area (Å²) in [4.78, 5) is 74.8. The van der Waals surface area contributed by atoms with Crippen molar-refractivity contribution >= 4 is 35.6 Å². The van der Waals surface area contributed by atoms with E-state index in [9.17, 15) is 33.9 Å². The predicted molar refractivity (Wildman–Crippen MR) is 180 cm³/mol. The lowest BCUT2D eigenvalue weighted by Gasteiger charge is -2.61. The molecule has 5 fully saturated rings. The van der Waals surface area contributed by atoms with Crippen molar-refractivity contribution in [3.05, 3.63) is 0 Å². The largest absolute Gasteiger partial charge is 0.467 e. The summed E-state index contributed by atoms with van der Waals surface area (Å²) in [5.41, 5.74) is -2.88. The van der Waals surface area contributed by atoms with Gasteiger partial charge in [-0.3, -0.25) is 24.0 Å². The van der Waals surface area contributed by atoms with Crippen molar-refractivity contribution in [3.63, 3.8) is 0 Å². The van der Waals surface area contributed by atoms with Crippen molar-refractivity contribution in [1.82, 2.24) is 0 Å². The molecule has 1 aliphatic heterocycles. The number of Topliss-reactive ketones (excluding diaryl/α,β-unsaturated/α-hetero) is 1. The minimum Gasteiger partial charge on any atom is -0.467 e. The Balaban J connectivity index is 1.45. The number of aliphatic hydroxyl groups is 1. The minimum absolute atomic E-state index is 0.0322. The fourth-order valence-electron chi connectivity index (χ4n) is 11.1. The van der Waals surface area contributed by atoms with Gasteiger partial charge in [-0.2, -0.15) is 0 Å². The number of esters is 5. The maximum Gasteiger partial charge on any atom is 0.339 e. The van der Waals surface area contributed by atoms with Crippen molar-refractivity contribution < 1.29 is 67.0 Å². The van der Waals surface area contributed by atoms with Crippen LogP contribution in [0.1, 0.15) is 106 Å². The van der Waals surface area contributed by atoms with Crippen LogP contribution in [0.3, 0.4) is 0 Å². The lowest BCUT2D eigenvalue weighted by atomic mass is 9.44. The van der Waals surface area contributed by atoms with Gasteiger partial charge in [0.15, 0.2) is 30.4 Å². The van der Waals surface area contributed by atoms with E-state index in [-0.39, 0.29) is 35.4 Å². The maximum absolute atomic E-state index is 13.4. The second-order valence-electron chi connectivity index (χ2n) is 16.3. The van der Waals surface area contributed by atoms with Gasteiger partial charge in [-0.05, 0) is 105 Å². The van der Waals surface area contributed by atoms with Crippen molar-refractivity contribution in [2.24, 2.45) is 40.4 Å². The van der Waals surface area contributed by atoms with E-state index in [4.69, 9.17) is 33.2 Å². The number of ketones is 1. The molecule has 0 aromatic heterocycles. The number of hydrogen-bond donors (Lipinski definition) is 1. The van der Waals surface area contributed by atoms with Crippen LogP contribution < -0.4 is 0 Å². The first-order valence-corrected chi connectivity index (χ1v) is 18.6. The molecular weight excluding hydrogens is 680 g/mol. The van der Waals surface area contributed by atoms with Crippen LogP contribution in [0.5, 0.6) is 0 Å². The highest BCUT2D eigenvalue weighted by atomic mass is 16.7. The van der Waals surface area contributed by atoms with Crippen LogP contribution in [0.4, 0.5) is 0 Å². The van der Waals surface area contributed by atoms with Gasteiger partial charge in [-0.15, -0.1) is 0 Å². The second-order valence-corrected chi connectivity index (χ2v) is 16.3. The average molecular weight is 737 g/mol. The summed E-state index contributed by atoms with van der Waals surface area (Å²) in [5.74, 6) is -3.00. The average Bonchev–Trinajstić information content (AvgIpc) is 3.41. The van der Waals surface area contributed by atoms with Crippen LogP contribution >= 0.6 is 0 Å². The lowest BCUT2D eigenvalue weighted by Crippen LogP contribution is -2.73. The molecule has 0 aromatic rings. The van der Waals surface area contributed by atoms with Gasteiger partial charge in [-0.1, -0.05) is 13.8 Å². The Bertz CT molecular complexity index is 1410. The molecule has 0 spiro atoms. The van der Waals surface area contributed by atoms with Crippen LogP contribution in [0, 0.1) is 40.4 Å². The molecule has 5 rings (SSSR count). The van der Waals surface area contributed by atoms with Crippen molar-refractivity contribution in [2.45, 2.75) is 149 Å². The minimum atomic E-state index is -2.74. The Labute approximate surface area is 305 Å². The molecule has 0 aromatic carbocycles. The molecule has 5 aliphatic rings. The number of rotatable bonds is 10. The van der Waals surface area contributed by atoms with Crippen LogP contribution in [0.15, 0.2) is 0 Å². The fourth-order valence-corrected chi connectivity index (χ4v) is 11.1. The monoisotopic (exact) mass is 736 g/mol. The Kier molecular flexibility index (Phi) is 11.8. The first-order valence-electron chi connectivity index (χ1n) is 18.6. The fraction of sp³-hybridized carbons (Fsp3) is 0.842. The molecular formula is C38H56O14. The topological polar surface area (TPSA) is 187 Å². The molecule has 292 valence electrons. The lowest BCUT2D eigenvalue weighted by molar-refractivity contribution is -0.340. The van der Waals surface area contributed by atoms with Gasteiger partial charge in [0, 0.05) is 27.7 Å². The van der Waals surface area contributed by atoms with Gasteiger partial charge >= 0.3 is 29.8 Å². The van der Waals surface area contributed by atoms with E-state index in [0.717, 1.165) is 79.2 Å². The van der Waals surface area contributed by atoms with Gasteiger partial charge in [0.1, 0.15) is 12.7 Å². The molecule has 4 saturated carbocycles. The number of methoxy groups -OCH3 is 1. The predicted octanol–water partition coefficient (Wildman–Crippen LogP) is 3.61. The van der Waals surface area contributed by atoms with E-state index in [1.54, 1.807) is 0 Å². The summed E-state index contributed by atoms with van der Waals surface area (Å²) in [5, 5.41) is 12.1. The van der Waals surface area contributed by atoms with Crippen molar-refractivity contribution in [3.8, 4) is 0 Å². The van der Waals surface area contributed by atoms with E-state index in [2.05, 4.69) is 13.8 Å². The van der Waals surface area contributed by atoms with E-state index >= 15 is 0 Å². The summed E-state index contributed by atoms with van der Waals surface area (Å²) in [6.45, 7) is 10.3. The smallest absolute Gasteiger partial charge is 0.339 e. The van der Waals surface area contributed by atoms with E-state index in [1.165, 1.54) is 13.8 Å². The number of hydrogen-bond acceptors (Lipinski definition) is 14. The molecule has 4 unspecified atom stereocenters. The zero-order valence-corrected chi connectivity index (χ0v) is 31.7. The highest BCUT2D eigenvalue weighted by Crippen LogP contribution is 2.68.